The Morgan fingerprint density at radius 2 is 1.63 bits per heavy atom. The van der Waals surface area contributed by atoms with Crippen LogP contribution in [0.2, 0.25) is 0 Å². The lowest BCUT2D eigenvalue weighted by molar-refractivity contribution is -0.123. The Labute approximate surface area is 176 Å². The SMILES string of the molecule is CCc1ccc(N2C(=O)[C@@H]3[C@H](C2=O)[C@H](C(=O)c2ccc(C)cc2)N2CCC[C@@H]32)cc1. The molecule has 0 radical (unpaired) electrons. The first-order valence-electron chi connectivity index (χ1n) is 10.8. The maximum Gasteiger partial charge on any atom is 0.239 e. The van der Waals surface area contributed by atoms with E-state index in [9.17, 15) is 14.4 Å². The molecule has 154 valence electrons. The molecule has 0 aromatic heterocycles. The zero-order valence-electron chi connectivity index (χ0n) is 17.4. The molecule has 2 aromatic carbocycles. The van der Waals surface area contributed by atoms with E-state index in [1.54, 1.807) is 0 Å². The fourth-order valence-corrected chi connectivity index (χ4v) is 5.54. The molecule has 0 N–H and O–H groups in total. The number of carbonyl (C=O) groups is 3. The summed E-state index contributed by atoms with van der Waals surface area (Å²) in [5.74, 6) is -1.44. The van der Waals surface area contributed by atoms with Gasteiger partial charge in [0.15, 0.2) is 5.78 Å². The predicted molar refractivity (Wildman–Crippen MR) is 114 cm³/mol. The van der Waals surface area contributed by atoms with Gasteiger partial charge in [-0.05, 0) is 50.4 Å². The van der Waals surface area contributed by atoms with E-state index in [4.69, 9.17) is 0 Å². The summed E-state index contributed by atoms with van der Waals surface area (Å²) in [6, 6.07) is 14.5. The Hall–Kier alpha value is -2.79. The number of Topliss-reactive ketones (excluding diaryl/α,β-unsaturated/α-hetero) is 1. The van der Waals surface area contributed by atoms with Gasteiger partial charge in [0, 0.05) is 11.6 Å². The average molecular weight is 402 g/mol. The minimum atomic E-state index is -0.595. The van der Waals surface area contributed by atoms with E-state index in [2.05, 4.69) is 11.8 Å². The van der Waals surface area contributed by atoms with E-state index in [0.29, 0.717) is 11.3 Å². The summed E-state index contributed by atoms with van der Waals surface area (Å²) in [4.78, 5) is 43.9. The van der Waals surface area contributed by atoms with Crippen molar-refractivity contribution < 1.29 is 14.4 Å². The van der Waals surface area contributed by atoms with E-state index < -0.39 is 17.9 Å². The van der Waals surface area contributed by atoms with E-state index in [-0.39, 0.29) is 23.6 Å². The Kier molecular flexibility index (Phi) is 4.58. The number of fused-ring (bicyclic) bond motifs is 3. The van der Waals surface area contributed by atoms with Crippen LogP contribution in [0.4, 0.5) is 5.69 Å². The van der Waals surface area contributed by atoms with Gasteiger partial charge in [-0.3, -0.25) is 19.3 Å². The predicted octanol–water partition coefficient (Wildman–Crippen LogP) is 3.39. The zero-order chi connectivity index (χ0) is 21.0. The number of hydrogen-bond donors (Lipinski definition) is 0. The number of hydrogen-bond acceptors (Lipinski definition) is 4. The molecule has 3 saturated heterocycles. The number of rotatable bonds is 4. The van der Waals surface area contributed by atoms with Crippen LogP contribution in [0.5, 0.6) is 0 Å². The summed E-state index contributed by atoms with van der Waals surface area (Å²) in [6.45, 7) is 4.82. The summed E-state index contributed by atoms with van der Waals surface area (Å²) in [7, 11) is 0. The first-order chi connectivity index (χ1) is 14.5. The van der Waals surface area contributed by atoms with Crippen LogP contribution >= 0.6 is 0 Å². The molecular weight excluding hydrogens is 376 g/mol. The van der Waals surface area contributed by atoms with Crippen LogP contribution in [0.3, 0.4) is 0 Å². The minimum Gasteiger partial charge on any atom is -0.292 e. The normalized spacial score (nSPS) is 28.1. The largest absolute Gasteiger partial charge is 0.292 e. The van der Waals surface area contributed by atoms with Crippen LogP contribution in [-0.4, -0.2) is 41.1 Å². The van der Waals surface area contributed by atoms with Crippen molar-refractivity contribution in [2.45, 2.75) is 45.2 Å². The van der Waals surface area contributed by atoms with Crippen molar-refractivity contribution in [3.8, 4) is 0 Å². The summed E-state index contributed by atoms with van der Waals surface area (Å²) >= 11 is 0. The first kappa shape index (κ1) is 19.2. The van der Waals surface area contributed by atoms with Gasteiger partial charge in [0.25, 0.3) is 0 Å². The van der Waals surface area contributed by atoms with Gasteiger partial charge in [-0.2, -0.15) is 0 Å². The summed E-state index contributed by atoms with van der Waals surface area (Å²) in [5.41, 5.74) is 3.47. The number of imide groups is 1. The molecule has 3 aliphatic heterocycles. The second-order valence-electron chi connectivity index (χ2n) is 8.71. The number of anilines is 1. The molecule has 2 aromatic rings. The highest BCUT2D eigenvalue weighted by molar-refractivity contribution is 6.24. The molecule has 2 amide bonds. The summed E-state index contributed by atoms with van der Waals surface area (Å²) < 4.78 is 0. The Bertz CT molecular complexity index is 1010. The van der Waals surface area contributed by atoms with Crippen molar-refractivity contribution in [2.24, 2.45) is 11.8 Å². The number of ketones is 1. The third-order valence-electron chi connectivity index (χ3n) is 7.06. The second kappa shape index (κ2) is 7.17. The average Bonchev–Trinajstić information content (AvgIpc) is 3.40. The summed E-state index contributed by atoms with van der Waals surface area (Å²) in [5, 5.41) is 0. The minimum absolute atomic E-state index is 0.0224. The van der Waals surface area contributed by atoms with E-state index in [1.165, 1.54) is 4.90 Å². The molecule has 5 rings (SSSR count). The van der Waals surface area contributed by atoms with Crippen molar-refractivity contribution in [3.05, 3.63) is 65.2 Å². The molecule has 0 aliphatic carbocycles. The van der Waals surface area contributed by atoms with Crippen molar-refractivity contribution in [2.75, 3.05) is 11.4 Å². The lowest BCUT2D eigenvalue weighted by atomic mass is 9.85. The third kappa shape index (κ3) is 2.76. The molecule has 4 atom stereocenters. The highest BCUT2D eigenvalue weighted by Crippen LogP contribution is 2.48. The first-order valence-corrected chi connectivity index (χ1v) is 10.8. The van der Waals surface area contributed by atoms with Crippen molar-refractivity contribution in [1.82, 2.24) is 4.90 Å². The van der Waals surface area contributed by atoms with Gasteiger partial charge < -0.3 is 0 Å². The van der Waals surface area contributed by atoms with Gasteiger partial charge in [0.2, 0.25) is 11.8 Å². The molecular formula is C25H26N2O3. The standard InChI is InChI=1S/C25H26N2O3/c1-3-16-8-12-18(13-9-16)27-24(29)20-19-5-4-14-26(19)22(21(20)25(27)30)23(28)17-10-6-15(2)7-11-17/h6-13,19-22H,3-5,14H2,1-2H3/t19-,20-,21-,22+/m0/s1. The number of benzene rings is 2. The van der Waals surface area contributed by atoms with Gasteiger partial charge in [-0.15, -0.1) is 0 Å². The number of amides is 2. The maximum atomic E-state index is 13.5. The summed E-state index contributed by atoms with van der Waals surface area (Å²) in [6.07, 6.45) is 2.72. The fraction of sp³-hybridized carbons (Fsp3) is 0.400. The van der Waals surface area contributed by atoms with Crippen molar-refractivity contribution >= 4 is 23.3 Å². The highest BCUT2D eigenvalue weighted by Gasteiger charge is 2.64. The smallest absolute Gasteiger partial charge is 0.239 e. The van der Waals surface area contributed by atoms with Gasteiger partial charge in [0.05, 0.1) is 23.6 Å². The van der Waals surface area contributed by atoms with Crippen LogP contribution in [0.25, 0.3) is 0 Å². The Balaban J connectivity index is 1.52. The van der Waals surface area contributed by atoms with Gasteiger partial charge >= 0.3 is 0 Å². The molecule has 0 spiro atoms. The molecule has 0 unspecified atom stereocenters. The Morgan fingerprint density at radius 1 is 0.967 bits per heavy atom. The lowest BCUT2D eigenvalue weighted by Gasteiger charge is -2.27. The molecule has 30 heavy (non-hydrogen) atoms. The second-order valence-corrected chi connectivity index (χ2v) is 8.71. The maximum absolute atomic E-state index is 13.5. The Morgan fingerprint density at radius 3 is 2.30 bits per heavy atom. The number of nitrogens with zero attached hydrogens (tertiary/aromatic N) is 2. The molecule has 3 heterocycles. The van der Waals surface area contributed by atoms with Crippen LogP contribution in [0, 0.1) is 18.8 Å². The van der Waals surface area contributed by atoms with Crippen LogP contribution in [0.1, 0.15) is 41.3 Å². The lowest BCUT2D eigenvalue weighted by Crippen LogP contribution is -2.46. The van der Waals surface area contributed by atoms with Crippen LogP contribution in [-0.2, 0) is 16.0 Å². The number of aryl methyl sites for hydroxylation is 2. The highest BCUT2D eigenvalue weighted by atomic mass is 16.2. The van der Waals surface area contributed by atoms with Gasteiger partial charge in [-0.1, -0.05) is 48.9 Å². The van der Waals surface area contributed by atoms with E-state index >= 15 is 0 Å². The van der Waals surface area contributed by atoms with Crippen molar-refractivity contribution in [3.63, 3.8) is 0 Å². The molecule has 3 aliphatic rings. The molecule has 0 saturated carbocycles. The molecule has 3 fully saturated rings. The monoisotopic (exact) mass is 402 g/mol. The van der Waals surface area contributed by atoms with Crippen molar-refractivity contribution in [1.29, 1.82) is 0 Å². The van der Waals surface area contributed by atoms with Crippen LogP contribution < -0.4 is 4.90 Å². The number of carbonyl (C=O) groups excluding carboxylic acids is 3. The molecule has 0 bridgehead atoms. The van der Waals surface area contributed by atoms with E-state index in [0.717, 1.165) is 36.9 Å². The third-order valence-corrected chi connectivity index (χ3v) is 7.06. The molecule has 5 heteroatoms. The van der Waals surface area contributed by atoms with Crippen LogP contribution in [0.15, 0.2) is 48.5 Å². The quantitative estimate of drug-likeness (QED) is 0.581. The fourth-order valence-electron chi connectivity index (χ4n) is 5.54. The van der Waals surface area contributed by atoms with E-state index in [1.807, 2.05) is 55.5 Å². The van der Waals surface area contributed by atoms with Gasteiger partial charge in [0.1, 0.15) is 0 Å². The zero-order valence-corrected chi connectivity index (χ0v) is 17.4. The topological polar surface area (TPSA) is 57.7 Å². The van der Waals surface area contributed by atoms with Gasteiger partial charge in [-0.25, -0.2) is 4.90 Å². The molecule has 5 nitrogen and oxygen atoms in total.